The summed E-state index contributed by atoms with van der Waals surface area (Å²) >= 11 is 0. The Bertz CT molecular complexity index is 1130. The molecule has 1 N–H and O–H groups in total. The summed E-state index contributed by atoms with van der Waals surface area (Å²) in [5.74, 6) is -0.300. The van der Waals surface area contributed by atoms with Gasteiger partial charge in [0.15, 0.2) is 6.10 Å². The van der Waals surface area contributed by atoms with Crippen LogP contribution in [0.25, 0.3) is 0 Å². The Morgan fingerprint density at radius 2 is 1.87 bits per heavy atom. The number of benzene rings is 2. The van der Waals surface area contributed by atoms with Gasteiger partial charge in [-0.3, -0.25) is 4.79 Å². The fourth-order valence-corrected chi connectivity index (χ4v) is 2.82. The Morgan fingerprint density at radius 3 is 2.58 bits per heavy atom. The summed E-state index contributed by atoms with van der Waals surface area (Å²) in [6, 6.07) is 15.2. The number of hydrogen-bond donors (Lipinski definition) is 1. The largest absolute Gasteiger partial charge is 0.488 e. The van der Waals surface area contributed by atoms with Crippen LogP contribution in [0.3, 0.4) is 0 Å². The summed E-state index contributed by atoms with van der Waals surface area (Å²) in [6.07, 6.45) is -1.09. The molecule has 2 aromatic carbocycles. The Hall–Kier alpha value is -4.12. The lowest BCUT2D eigenvalue weighted by atomic mass is 10.2. The first-order valence-corrected chi connectivity index (χ1v) is 9.55. The van der Waals surface area contributed by atoms with Crippen molar-refractivity contribution in [3.63, 3.8) is 0 Å². The Kier molecular flexibility index (Phi) is 6.67. The first-order chi connectivity index (χ1) is 14.9. The topological polar surface area (TPSA) is 114 Å². The highest BCUT2D eigenvalue weighted by atomic mass is 16.5. The van der Waals surface area contributed by atoms with Crippen LogP contribution in [0.1, 0.15) is 39.9 Å². The molecule has 31 heavy (non-hydrogen) atoms. The van der Waals surface area contributed by atoms with Crippen molar-refractivity contribution < 1.29 is 23.6 Å². The number of nitrogens with one attached hydrogen (secondary N) is 1. The van der Waals surface area contributed by atoms with Crippen LogP contribution in [0.2, 0.25) is 0 Å². The highest BCUT2D eigenvalue weighted by molar-refractivity contribution is 5.98. The third-order valence-electron chi connectivity index (χ3n) is 4.62. The number of nitrogens with zero attached hydrogens (tertiary/aromatic N) is 2. The van der Waals surface area contributed by atoms with E-state index in [4.69, 9.17) is 19.3 Å². The van der Waals surface area contributed by atoms with Gasteiger partial charge in [-0.1, -0.05) is 29.4 Å². The van der Waals surface area contributed by atoms with Crippen LogP contribution in [0.5, 0.6) is 5.75 Å². The maximum Gasteiger partial charge on any atom is 0.342 e. The van der Waals surface area contributed by atoms with Crippen LogP contribution in [0.15, 0.2) is 53.1 Å². The Labute approximate surface area is 179 Å². The van der Waals surface area contributed by atoms with Crippen molar-refractivity contribution in [1.82, 2.24) is 5.16 Å². The van der Waals surface area contributed by atoms with Crippen molar-refractivity contribution in [2.45, 2.75) is 33.5 Å². The zero-order valence-electron chi connectivity index (χ0n) is 17.3. The fraction of sp³-hybridized carbons (Fsp3) is 0.217. The fourth-order valence-electron chi connectivity index (χ4n) is 2.82. The van der Waals surface area contributed by atoms with E-state index in [2.05, 4.69) is 10.5 Å². The van der Waals surface area contributed by atoms with E-state index in [1.54, 1.807) is 62.4 Å². The van der Waals surface area contributed by atoms with E-state index < -0.39 is 18.0 Å². The molecule has 1 amide bonds. The van der Waals surface area contributed by atoms with Crippen LogP contribution in [0.4, 0.5) is 5.69 Å². The van der Waals surface area contributed by atoms with Gasteiger partial charge in [-0.15, -0.1) is 0 Å². The van der Waals surface area contributed by atoms with Gasteiger partial charge in [-0.2, -0.15) is 5.26 Å². The molecule has 0 fully saturated rings. The number of para-hydroxylation sites is 2. The highest BCUT2D eigenvalue weighted by Gasteiger charge is 2.22. The number of aryl methyl sites for hydroxylation is 2. The zero-order valence-corrected chi connectivity index (χ0v) is 17.3. The lowest BCUT2D eigenvalue weighted by Crippen LogP contribution is -2.30. The van der Waals surface area contributed by atoms with Crippen LogP contribution >= 0.6 is 0 Å². The molecule has 0 saturated heterocycles. The number of hydrogen-bond acceptors (Lipinski definition) is 7. The number of rotatable bonds is 7. The van der Waals surface area contributed by atoms with Gasteiger partial charge in [0.2, 0.25) is 0 Å². The third-order valence-corrected chi connectivity index (χ3v) is 4.62. The molecule has 0 aliphatic rings. The van der Waals surface area contributed by atoms with E-state index in [1.165, 1.54) is 6.92 Å². The summed E-state index contributed by atoms with van der Waals surface area (Å²) in [5.41, 5.74) is 2.35. The smallest absolute Gasteiger partial charge is 0.342 e. The quantitative estimate of drug-likeness (QED) is 0.577. The average molecular weight is 419 g/mol. The van der Waals surface area contributed by atoms with E-state index in [9.17, 15) is 9.59 Å². The van der Waals surface area contributed by atoms with Crippen LogP contribution in [-0.2, 0) is 16.1 Å². The molecule has 0 spiro atoms. The maximum atomic E-state index is 12.7. The van der Waals surface area contributed by atoms with Crippen LogP contribution < -0.4 is 10.1 Å². The predicted octanol–water partition coefficient (Wildman–Crippen LogP) is 3.93. The van der Waals surface area contributed by atoms with Gasteiger partial charge in [-0.05, 0) is 45.0 Å². The van der Waals surface area contributed by atoms with Crippen LogP contribution in [-0.4, -0.2) is 23.1 Å². The van der Waals surface area contributed by atoms with E-state index in [0.29, 0.717) is 28.5 Å². The van der Waals surface area contributed by atoms with Crippen molar-refractivity contribution in [2.75, 3.05) is 5.32 Å². The van der Waals surface area contributed by atoms with Crippen molar-refractivity contribution in [2.24, 2.45) is 0 Å². The summed E-state index contributed by atoms with van der Waals surface area (Å²) in [4.78, 5) is 25.1. The van der Waals surface area contributed by atoms with Gasteiger partial charge >= 0.3 is 5.97 Å². The second-order valence-electron chi connectivity index (χ2n) is 6.78. The molecule has 0 radical (unpaired) electrons. The normalized spacial score (nSPS) is 11.3. The second kappa shape index (κ2) is 9.59. The molecule has 0 aliphatic heterocycles. The molecule has 0 saturated carbocycles. The van der Waals surface area contributed by atoms with Crippen molar-refractivity contribution in [3.05, 3.63) is 76.7 Å². The van der Waals surface area contributed by atoms with Crippen LogP contribution in [0, 0.1) is 25.2 Å². The first-order valence-electron chi connectivity index (χ1n) is 9.55. The number of anilines is 1. The van der Waals surface area contributed by atoms with Gasteiger partial charge in [0, 0.05) is 0 Å². The number of carbonyl (C=O) groups is 2. The monoisotopic (exact) mass is 419 g/mol. The van der Waals surface area contributed by atoms with E-state index in [0.717, 1.165) is 5.56 Å². The average Bonchev–Trinajstić information content (AvgIpc) is 3.09. The van der Waals surface area contributed by atoms with Gasteiger partial charge in [0.05, 0.1) is 22.5 Å². The zero-order chi connectivity index (χ0) is 22.4. The van der Waals surface area contributed by atoms with Gasteiger partial charge in [-0.25, -0.2) is 4.79 Å². The lowest BCUT2D eigenvalue weighted by molar-refractivity contribution is -0.123. The Balaban J connectivity index is 1.67. The lowest BCUT2D eigenvalue weighted by Gasteiger charge is -2.16. The molecule has 1 heterocycles. The molecule has 1 aromatic heterocycles. The number of carbonyl (C=O) groups excluding carboxylic acids is 2. The molecule has 0 bridgehead atoms. The number of aromatic nitrogens is 1. The summed E-state index contributed by atoms with van der Waals surface area (Å²) in [5, 5.41) is 15.6. The molecule has 158 valence electrons. The minimum Gasteiger partial charge on any atom is -0.488 e. The minimum atomic E-state index is -1.09. The molecule has 1 atom stereocenters. The number of amides is 1. The van der Waals surface area contributed by atoms with E-state index >= 15 is 0 Å². The molecule has 0 unspecified atom stereocenters. The predicted molar refractivity (Wildman–Crippen MR) is 111 cm³/mol. The van der Waals surface area contributed by atoms with Gasteiger partial charge in [0.25, 0.3) is 5.91 Å². The minimum absolute atomic E-state index is 0.173. The van der Waals surface area contributed by atoms with E-state index in [-0.39, 0.29) is 12.2 Å². The Morgan fingerprint density at radius 1 is 1.16 bits per heavy atom. The molecule has 8 heteroatoms. The molecular formula is C23H21N3O5. The summed E-state index contributed by atoms with van der Waals surface area (Å²) in [6.45, 7) is 5.21. The van der Waals surface area contributed by atoms with Crippen molar-refractivity contribution >= 4 is 17.6 Å². The van der Waals surface area contributed by atoms with Crippen molar-refractivity contribution in [3.8, 4) is 11.8 Å². The molecule has 0 aliphatic carbocycles. The molecule has 3 rings (SSSR count). The second-order valence-corrected chi connectivity index (χ2v) is 6.78. The number of ether oxygens (including phenoxy) is 2. The third kappa shape index (κ3) is 5.08. The van der Waals surface area contributed by atoms with Gasteiger partial charge < -0.3 is 19.3 Å². The standard InChI is InChI=1S/C23H21N3O5/c1-14-19(15(2)31-26-14)13-29-21-11-7-5-9-18(21)23(28)30-16(3)22(27)25-20-10-6-4-8-17(20)12-24/h4-11,16H,13H2,1-3H3,(H,25,27)/t16-/m1/s1. The van der Waals surface area contributed by atoms with E-state index in [1.807, 2.05) is 6.07 Å². The molecular weight excluding hydrogens is 398 g/mol. The molecule has 3 aromatic rings. The van der Waals surface area contributed by atoms with Gasteiger partial charge in [0.1, 0.15) is 29.7 Å². The summed E-state index contributed by atoms with van der Waals surface area (Å²) < 4.78 is 16.2. The number of nitriles is 1. The summed E-state index contributed by atoms with van der Waals surface area (Å²) in [7, 11) is 0. The molecule has 8 nitrogen and oxygen atoms in total. The van der Waals surface area contributed by atoms with Crippen molar-refractivity contribution in [1.29, 1.82) is 5.26 Å². The maximum absolute atomic E-state index is 12.7. The SMILES string of the molecule is Cc1noc(C)c1COc1ccccc1C(=O)O[C@H](C)C(=O)Nc1ccccc1C#N. The highest BCUT2D eigenvalue weighted by Crippen LogP contribution is 2.23. The number of esters is 1. The first kappa shape index (κ1) is 21.6.